The van der Waals surface area contributed by atoms with Crippen molar-refractivity contribution in [3.8, 4) is 0 Å². The maximum atomic E-state index is 12.4. The van der Waals surface area contributed by atoms with E-state index in [-0.39, 0.29) is 23.2 Å². The molecule has 2 heterocycles. The van der Waals surface area contributed by atoms with Crippen LogP contribution in [0, 0.1) is 3.57 Å². The summed E-state index contributed by atoms with van der Waals surface area (Å²) in [6, 6.07) is 0. The molecule has 0 amide bonds. The molecule has 1 aromatic heterocycles. The van der Waals surface area contributed by atoms with Gasteiger partial charge >= 0.3 is 19.3 Å². The molecule has 1 unspecified atom stereocenters. The smallest absolute Gasteiger partial charge is 0.341 e. The van der Waals surface area contributed by atoms with E-state index in [0.29, 0.717) is 0 Å². The summed E-state index contributed by atoms with van der Waals surface area (Å²) in [6.07, 6.45) is -1.94. The molecule has 0 radical (unpaired) electrons. The van der Waals surface area contributed by atoms with Gasteiger partial charge in [-0.1, -0.05) is 0 Å². The van der Waals surface area contributed by atoms with Crippen molar-refractivity contribution in [1.29, 1.82) is 0 Å². The van der Waals surface area contributed by atoms with Gasteiger partial charge in [0.2, 0.25) is 0 Å². The molecule has 13 heteroatoms. The fraction of sp³-hybridized carbons (Fsp3) is 0.643. The summed E-state index contributed by atoms with van der Waals surface area (Å²) in [5, 5.41) is 10.2. The van der Waals surface area contributed by atoms with E-state index < -0.39 is 49.4 Å². The van der Waals surface area contributed by atoms with Gasteiger partial charge in [-0.3, -0.25) is 23.7 Å². The Balaban J connectivity index is 2.03. The number of aliphatic hydroxyl groups excluding tert-OH is 1. The summed E-state index contributed by atoms with van der Waals surface area (Å²) >= 11 is 1.77. The Kier molecular flexibility index (Phi) is 7.77. The number of aliphatic hydroxyl groups is 1. The molecule has 0 saturated carbocycles. The van der Waals surface area contributed by atoms with Gasteiger partial charge in [0.25, 0.3) is 5.56 Å². The van der Waals surface area contributed by atoms with Gasteiger partial charge in [0.1, 0.15) is 18.5 Å². The quantitative estimate of drug-likeness (QED) is 0.280. The number of ether oxygens (including phenoxy) is 2. The summed E-state index contributed by atoms with van der Waals surface area (Å²) < 4.78 is 34.2. The first-order valence-corrected chi connectivity index (χ1v) is 10.8. The van der Waals surface area contributed by atoms with Gasteiger partial charge in [0, 0.05) is 19.7 Å². The lowest BCUT2D eigenvalue weighted by atomic mass is 10.2. The number of carbonyl (C=O) groups is 1. The number of aromatic nitrogens is 2. The number of hydrogen-bond donors (Lipinski definition) is 2. The van der Waals surface area contributed by atoms with Crippen molar-refractivity contribution in [2.75, 3.05) is 26.5 Å². The molecule has 2 rings (SSSR count). The van der Waals surface area contributed by atoms with Crippen LogP contribution in [0.15, 0.2) is 15.8 Å². The highest BCUT2D eigenvalue weighted by molar-refractivity contribution is 14.1. The molecule has 0 aromatic carbocycles. The second-order valence-corrected chi connectivity index (χ2v) is 8.95. The molecule has 0 aliphatic carbocycles. The van der Waals surface area contributed by atoms with Crippen molar-refractivity contribution in [3.05, 3.63) is 30.6 Å². The van der Waals surface area contributed by atoms with Gasteiger partial charge in [-0.05, 0) is 29.5 Å². The highest BCUT2D eigenvalue weighted by Crippen LogP contribution is 2.48. The highest BCUT2D eigenvalue weighted by atomic mass is 127. The Morgan fingerprint density at radius 3 is 2.85 bits per heavy atom. The number of nitrogens with zero attached hydrogens (tertiary/aromatic N) is 1. The normalized spacial score (nSPS) is 24.5. The van der Waals surface area contributed by atoms with Crippen LogP contribution in [0.5, 0.6) is 0 Å². The van der Waals surface area contributed by atoms with Gasteiger partial charge in [-0.15, -0.1) is 0 Å². The Bertz CT molecular complexity index is 839. The fourth-order valence-corrected chi connectivity index (χ4v) is 3.97. The van der Waals surface area contributed by atoms with Crippen LogP contribution in [0.4, 0.5) is 0 Å². The zero-order valence-electron chi connectivity index (χ0n) is 14.6. The predicted octanol–water partition coefficient (Wildman–Crippen LogP) is 0.209. The van der Waals surface area contributed by atoms with Crippen molar-refractivity contribution in [1.82, 2.24) is 9.55 Å². The van der Waals surface area contributed by atoms with E-state index >= 15 is 0 Å². The highest BCUT2D eigenvalue weighted by Gasteiger charge is 2.38. The van der Waals surface area contributed by atoms with Crippen LogP contribution < -0.4 is 11.2 Å². The van der Waals surface area contributed by atoms with Crippen molar-refractivity contribution in [2.45, 2.75) is 31.8 Å². The standard InChI is InChI=1S/C14H20IN2O9P/c1-3-24-12(19)7-27(22,23-2)25-6-10-9(18)4-11(26-10)17-5-8(15)13(20)16-14(17)21/h5,9-11,18H,3-4,6-7H2,1-2H3,(H,16,20,21)/t9-,10+,11+,27?/m0/s1. The SMILES string of the molecule is CCOC(=O)CP(=O)(OC)OC[C@H]1O[C@@H](n2cc(I)c(=O)[nH]c2=O)C[C@@H]1O. The van der Waals surface area contributed by atoms with E-state index in [1.807, 2.05) is 0 Å². The molecule has 0 bridgehead atoms. The van der Waals surface area contributed by atoms with Gasteiger partial charge in [-0.25, -0.2) is 4.79 Å². The number of aromatic amines is 1. The topological polar surface area (TPSA) is 146 Å². The Labute approximate surface area is 167 Å². The van der Waals surface area contributed by atoms with Crippen LogP contribution in [0.2, 0.25) is 0 Å². The zero-order valence-corrected chi connectivity index (χ0v) is 17.7. The number of H-pyrrole nitrogens is 1. The van der Waals surface area contributed by atoms with Crippen LogP contribution in [0.25, 0.3) is 0 Å². The molecule has 1 aliphatic rings. The summed E-state index contributed by atoms with van der Waals surface area (Å²) in [7, 11) is -2.63. The summed E-state index contributed by atoms with van der Waals surface area (Å²) in [4.78, 5) is 37.0. The third kappa shape index (κ3) is 5.72. The molecule has 152 valence electrons. The number of esters is 1. The Morgan fingerprint density at radius 2 is 2.22 bits per heavy atom. The molecule has 11 nitrogen and oxygen atoms in total. The molecule has 0 spiro atoms. The number of carbonyl (C=O) groups excluding carboxylic acids is 1. The lowest BCUT2D eigenvalue weighted by Crippen LogP contribution is -2.33. The van der Waals surface area contributed by atoms with Gasteiger partial charge in [0.15, 0.2) is 0 Å². The van der Waals surface area contributed by atoms with Crippen molar-refractivity contribution < 1.29 is 33.0 Å². The van der Waals surface area contributed by atoms with E-state index in [4.69, 9.17) is 18.5 Å². The number of nitrogens with one attached hydrogen (secondary N) is 1. The van der Waals surface area contributed by atoms with E-state index in [1.165, 1.54) is 6.20 Å². The Hall–Kier alpha value is -1.05. The first-order valence-electron chi connectivity index (χ1n) is 7.98. The number of hydrogen-bond acceptors (Lipinski definition) is 9. The zero-order chi connectivity index (χ0) is 20.2. The van der Waals surface area contributed by atoms with Crippen LogP contribution in [0.3, 0.4) is 0 Å². The summed E-state index contributed by atoms with van der Waals surface area (Å²) in [5.74, 6) is -0.734. The Morgan fingerprint density at radius 1 is 1.52 bits per heavy atom. The molecule has 1 aromatic rings. The number of halogens is 1. The third-order valence-corrected chi connectivity index (χ3v) is 6.29. The maximum absolute atomic E-state index is 12.4. The average molecular weight is 518 g/mol. The molecule has 1 saturated heterocycles. The van der Waals surface area contributed by atoms with Crippen molar-refractivity contribution >= 4 is 36.2 Å². The van der Waals surface area contributed by atoms with Crippen LogP contribution in [0.1, 0.15) is 19.6 Å². The first kappa shape index (κ1) is 22.2. The van der Waals surface area contributed by atoms with Gasteiger partial charge in [0.05, 0.1) is 22.9 Å². The second kappa shape index (κ2) is 9.43. The molecule has 2 N–H and O–H groups in total. The molecule has 4 atom stereocenters. The minimum atomic E-state index is -3.76. The van der Waals surface area contributed by atoms with E-state index in [2.05, 4.69) is 4.98 Å². The first-order chi connectivity index (χ1) is 12.7. The van der Waals surface area contributed by atoms with E-state index in [0.717, 1.165) is 11.7 Å². The molecule has 27 heavy (non-hydrogen) atoms. The summed E-state index contributed by atoms with van der Waals surface area (Å²) in [6.45, 7) is 1.41. The van der Waals surface area contributed by atoms with Crippen molar-refractivity contribution in [2.24, 2.45) is 0 Å². The third-order valence-electron chi connectivity index (χ3n) is 3.78. The number of rotatable bonds is 8. The lowest BCUT2D eigenvalue weighted by Gasteiger charge is -2.20. The van der Waals surface area contributed by atoms with E-state index in [1.54, 1.807) is 29.5 Å². The molecule has 1 fully saturated rings. The molecule has 1 aliphatic heterocycles. The maximum Gasteiger partial charge on any atom is 0.341 e. The van der Waals surface area contributed by atoms with E-state index in [9.17, 15) is 24.1 Å². The molecular formula is C14H20IN2O9P. The minimum Gasteiger partial charge on any atom is -0.466 e. The summed E-state index contributed by atoms with van der Waals surface area (Å²) in [5.41, 5.74) is -1.20. The van der Waals surface area contributed by atoms with Gasteiger partial charge in [-0.2, -0.15) is 0 Å². The van der Waals surface area contributed by atoms with Crippen LogP contribution in [-0.4, -0.2) is 59.3 Å². The monoisotopic (exact) mass is 518 g/mol. The lowest BCUT2D eigenvalue weighted by molar-refractivity contribution is -0.140. The predicted molar refractivity (Wildman–Crippen MR) is 101 cm³/mol. The largest absolute Gasteiger partial charge is 0.466 e. The van der Waals surface area contributed by atoms with Crippen LogP contribution in [-0.2, 0) is 27.9 Å². The molecular weight excluding hydrogens is 498 g/mol. The fourth-order valence-electron chi connectivity index (χ4n) is 2.43. The average Bonchev–Trinajstić information content (AvgIpc) is 2.97. The van der Waals surface area contributed by atoms with Crippen molar-refractivity contribution in [3.63, 3.8) is 0 Å². The van der Waals surface area contributed by atoms with Gasteiger partial charge < -0.3 is 23.6 Å². The van der Waals surface area contributed by atoms with Crippen LogP contribution >= 0.6 is 30.2 Å². The minimum absolute atomic E-state index is 0.0607. The second-order valence-electron chi connectivity index (χ2n) is 5.63.